The highest BCUT2D eigenvalue weighted by atomic mass is 16.5. The lowest BCUT2D eigenvalue weighted by Gasteiger charge is -2.10. The van der Waals surface area contributed by atoms with Crippen LogP contribution in [0.5, 0.6) is 5.75 Å². The third-order valence-corrected chi connectivity index (χ3v) is 4.07. The highest BCUT2D eigenvalue weighted by Crippen LogP contribution is 2.22. The second-order valence-corrected chi connectivity index (χ2v) is 6.02. The molecule has 0 aliphatic carbocycles. The number of hydrogen-bond donors (Lipinski definition) is 1. The number of carbonyl (C=O) groups excluding carboxylic acids is 1. The van der Waals surface area contributed by atoms with Crippen molar-refractivity contribution >= 4 is 23.2 Å². The summed E-state index contributed by atoms with van der Waals surface area (Å²) in [7, 11) is 1.63. The normalized spacial score (nSPS) is 11.1. The van der Waals surface area contributed by atoms with Crippen LogP contribution in [0, 0.1) is 6.92 Å². The SMILES string of the molecule is COc1ccc(/C=C(/C(=O)Nc2ccc(C)cc2)c2ccccc2)cc1. The van der Waals surface area contributed by atoms with Gasteiger partial charge >= 0.3 is 0 Å². The second kappa shape index (κ2) is 8.17. The molecule has 0 aliphatic rings. The van der Waals surface area contributed by atoms with E-state index in [2.05, 4.69) is 5.32 Å². The van der Waals surface area contributed by atoms with Crippen LogP contribution in [0.2, 0.25) is 0 Å². The van der Waals surface area contributed by atoms with E-state index in [0.717, 1.165) is 28.1 Å². The summed E-state index contributed by atoms with van der Waals surface area (Å²) >= 11 is 0. The number of methoxy groups -OCH3 is 1. The quantitative estimate of drug-likeness (QED) is 0.512. The third-order valence-electron chi connectivity index (χ3n) is 4.07. The van der Waals surface area contributed by atoms with Crippen molar-refractivity contribution in [3.63, 3.8) is 0 Å². The van der Waals surface area contributed by atoms with E-state index in [1.54, 1.807) is 7.11 Å². The van der Waals surface area contributed by atoms with Gasteiger partial charge in [0.25, 0.3) is 5.91 Å². The van der Waals surface area contributed by atoms with Crippen molar-refractivity contribution in [1.82, 2.24) is 0 Å². The van der Waals surface area contributed by atoms with Gasteiger partial charge in [-0.2, -0.15) is 0 Å². The van der Waals surface area contributed by atoms with Gasteiger partial charge in [0, 0.05) is 11.3 Å². The Balaban J connectivity index is 1.93. The van der Waals surface area contributed by atoms with Crippen molar-refractivity contribution in [3.8, 4) is 5.75 Å². The molecule has 3 nitrogen and oxygen atoms in total. The Labute approximate surface area is 154 Å². The number of hydrogen-bond acceptors (Lipinski definition) is 2. The minimum absolute atomic E-state index is 0.143. The molecule has 3 aromatic carbocycles. The lowest BCUT2D eigenvalue weighted by Crippen LogP contribution is -2.13. The predicted molar refractivity (Wildman–Crippen MR) is 107 cm³/mol. The first-order chi connectivity index (χ1) is 12.7. The van der Waals surface area contributed by atoms with Gasteiger partial charge in [-0.05, 0) is 48.4 Å². The van der Waals surface area contributed by atoms with Crippen LogP contribution in [0.1, 0.15) is 16.7 Å². The molecule has 3 rings (SSSR count). The molecular formula is C23H21NO2. The molecule has 0 bridgehead atoms. The number of benzene rings is 3. The van der Waals surface area contributed by atoms with E-state index in [4.69, 9.17) is 4.74 Å². The molecule has 0 saturated carbocycles. The van der Waals surface area contributed by atoms with Gasteiger partial charge in [0.15, 0.2) is 0 Å². The minimum atomic E-state index is -0.143. The smallest absolute Gasteiger partial charge is 0.256 e. The zero-order chi connectivity index (χ0) is 18.4. The lowest BCUT2D eigenvalue weighted by molar-refractivity contribution is -0.111. The van der Waals surface area contributed by atoms with Crippen LogP contribution >= 0.6 is 0 Å². The van der Waals surface area contributed by atoms with E-state index in [9.17, 15) is 4.79 Å². The number of aryl methyl sites for hydroxylation is 1. The first-order valence-electron chi connectivity index (χ1n) is 8.45. The van der Waals surface area contributed by atoms with E-state index < -0.39 is 0 Å². The van der Waals surface area contributed by atoms with Gasteiger partial charge in [-0.1, -0.05) is 60.2 Å². The molecule has 0 unspecified atom stereocenters. The average molecular weight is 343 g/mol. The van der Waals surface area contributed by atoms with Gasteiger partial charge in [-0.25, -0.2) is 0 Å². The summed E-state index contributed by atoms with van der Waals surface area (Å²) in [5.74, 6) is 0.642. The van der Waals surface area contributed by atoms with Crippen LogP contribution in [0.3, 0.4) is 0 Å². The first-order valence-corrected chi connectivity index (χ1v) is 8.45. The summed E-state index contributed by atoms with van der Waals surface area (Å²) in [5, 5.41) is 2.98. The van der Waals surface area contributed by atoms with E-state index in [0.29, 0.717) is 5.57 Å². The van der Waals surface area contributed by atoms with Crippen molar-refractivity contribution in [2.24, 2.45) is 0 Å². The van der Waals surface area contributed by atoms with Gasteiger partial charge in [0.2, 0.25) is 0 Å². The van der Waals surface area contributed by atoms with Gasteiger partial charge < -0.3 is 10.1 Å². The third kappa shape index (κ3) is 4.39. The van der Waals surface area contributed by atoms with Crippen LogP contribution in [0.25, 0.3) is 11.6 Å². The predicted octanol–water partition coefficient (Wildman–Crippen LogP) is 5.18. The Kier molecular flexibility index (Phi) is 5.49. The Morgan fingerprint density at radius 2 is 1.54 bits per heavy atom. The maximum atomic E-state index is 12.9. The molecule has 0 saturated heterocycles. The van der Waals surface area contributed by atoms with Crippen LogP contribution in [-0.4, -0.2) is 13.0 Å². The summed E-state index contributed by atoms with van der Waals surface area (Å²) in [6.45, 7) is 2.02. The standard InChI is InChI=1S/C23H21NO2/c1-17-8-12-20(13-9-17)24-23(25)22(19-6-4-3-5-7-19)16-18-10-14-21(26-2)15-11-18/h3-16H,1-2H3,(H,24,25)/b22-16+. The lowest BCUT2D eigenvalue weighted by atomic mass is 10.0. The fourth-order valence-corrected chi connectivity index (χ4v) is 2.60. The summed E-state index contributed by atoms with van der Waals surface area (Å²) < 4.78 is 5.19. The van der Waals surface area contributed by atoms with Crippen molar-refractivity contribution in [2.45, 2.75) is 6.92 Å². The molecule has 26 heavy (non-hydrogen) atoms. The minimum Gasteiger partial charge on any atom is -0.497 e. The maximum absolute atomic E-state index is 12.9. The zero-order valence-electron chi connectivity index (χ0n) is 14.9. The number of ether oxygens (including phenoxy) is 1. The highest BCUT2D eigenvalue weighted by Gasteiger charge is 2.12. The van der Waals surface area contributed by atoms with E-state index in [1.807, 2.05) is 91.9 Å². The summed E-state index contributed by atoms with van der Waals surface area (Å²) in [6, 6.07) is 25.1. The Morgan fingerprint density at radius 3 is 2.15 bits per heavy atom. The molecule has 3 heteroatoms. The molecule has 0 aromatic heterocycles. The molecular weight excluding hydrogens is 322 g/mol. The molecule has 1 N–H and O–H groups in total. The molecule has 3 aromatic rings. The van der Waals surface area contributed by atoms with Crippen molar-refractivity contribution < 1.29 is 9.53 Å². The summed E-state index contributed by atoms with van der Waals surface area (Å²) in [5.41, 5.74) is 4.34. The largest absolute Gasteiger partial charge is 0.497 e. The van der Waals surface area contributed by atoms with Crippen LogP contribution < -0.4 is 10.1 Å². The number of nitrogens with one attached hydrogen (secondary N) is 1. The second-order valence-electron chi connectivity index (χ2n) is 6.02. The number of anilines is 1. The monoisotopic (exact) mass is 343 g/mol. The first kappa shape index (κ1) is 17.5. The molecule has 0 aliphatic heterocycles. The number of amides is 1. The van der Waals surface area contributed by atoms with E-state index in [1.165, 1.54) is 0 Å². The van der Waals surface area contributed by atoms with Gasteiger partial charge in [0.05, 0.1) is 7.11 Å². The molecule has 0 heterocycles. The van der Waals surface area contributed by atoms with Crippen molar-refractivity contribution in [2.75, 3.05) is 12.4 Å². The fraction of sp³-hybridized carbons (Fsp3) is 0.0870. The summed E-state index contributed by atoms with van der Waals surface area (Å²) in [4.78, 5) is 12.9. The summed E-state index contributed by atoms with van der Waals surface area (Å²) in [6.07, 6.45) is 1.89. The highest BCUT2D eigenvalue weighted by molar-refractivity contribution is 6.29. The van der Waals surface area contributed by atoms with Gasteiger partial charge in [0.1, 0.15) is 5.75 Å². The van der Waals surface area contributed by atoms with Crippen molar-refractivity contribution in [1.29, 1.82) is 0 Å². The molecule has 0 spiro atoms. The average Bonchev–Trinajstić information content (AvgIpc) is 2.69. The molecule has 0 fully saturated rings. The van der Waals surface area contributed by atoms with E-state index in [-0.39, 0.29) is 5.91 Å². The maximum Gasteiger partial charge on any atom is 0.256 e. The topological polar surface area (TPSA) is 38.3 Å². The van der Waals surface area contributed by atoms with Crippen LogP contribution in [-0.2, 0) is 4.79 Å². The molecule has 0 radical (unpaired) electrons. The number of carbonyl (C=O) groups is 1. The van der Waals surface area contributed by atoms with Crippen LogP contribution in [0.4, 0.5) is 5.69 Å². The van der Waals surface area contributed by atoms with Crippen LogP contribution in [0.15, 0.2) is 78.9 Å². The van der Waals surface area contributed by atoms with Gasteiger partial charge in [-0.15, -0.1) is 0 Å². The van der Waals surface area contributed by atoms with Crippen molar-refractivity contribution in [3.05, 3.63) is 95.6 Å². The fourth-order valence-electron chi connectivity index (χ4n) is 2.60. The molecule has 0 atom stereocenters. The Bertz CT molecular complexity index is 895. The Morgan fingerprint density at radius 1 is 0.885 bits per heavy atom. The zero-order valence-corrected chi connectivity index (χ0v) is 14.9. The Hall–Kier alpha value is -3.33. The molecule has 130 valence electrons. The van der Waals surface area contributed by atoms with Gasteiger partial charge in [-0.3, -0.25) is 4.79 Å². The molecule has 1 amide bonds. The van der Waals surface area contributed by atoms with E-state index >= 15 is 0 Å². The number of rotatable bonds is 5.